The van der Waals surface area contributed by atoms with Gasteiger partial charge in [-0.3, -0.25) is 0 Å². The summed E-state index contributed by atoms with van der Waals surface area (Å²) in [6.07, 6.45) is 0. The van der Waals surface area contributed by atoms with E-state index >= 15 is 0 Å². The predicted octanol–water partition coefficient (Wildman–Crippen LogP) is 17.6. The zero-order valence-corrected chi connectivity index (χ0v) is 34.6. The summed E-state index contributed by atoms with van der Waals surface area (Å²) in [5.41, 5.74) is 18.6. The van der Waals surface area contributed by atoms with Gasteiger partial charge in [0.25, 0.3) is 0 Å². The zero-order chi connectivity index (χ0) is 41.0. The summed E-state index contributed by atoms with van der Waals surface area (Å²) < 4.78 is 8.81. The third kappa shape index (κ3) is 6.50. The van der Waals surface area contributed by atoms with Crippen LogP contribution >= 0.6 is 11.3 Å². The second-order valence-corrected chi connectivity index (χ2v) is 17.1. The highest BCUT2D eigenvalue weighted by atomic mass is 32.1. The molecule has 0 saturated heterocycles. The van der Waals surface area contributed by atoms with Gasteiger partial charge in [-0.25, -0.2) is 0 Å². The molecule has 0 saturated carbocycles. The van der Waals surface area contributed by atoms with Crippen LogP contribution in [0.2, 0.25) is 0 Å². The summed E-state index contributed by atoms with van der Waals surface area (Å²) in [6, 6.07) is 83.8. The third-order valence-corrected chi connectivity index (χ3v) is 13.5. The predicted molar refractivity (Wildman–Crippen MR) is 265 cm³/mol. The van der Waals surface area contributed by atoms with Gasteiger partial charge in [-0.1, -0.05) is 164 Å². The fourth-order valence-corrected chi connectivity index (χ4v) is 10.4. The fraction of sp³-hybridized carbons (Fsp3) is 0. The van der Waals surface area contributed by atoms with Crippen molar-refractivity contribution in [2.24, 2.45) is 0 Å². The van der Waals surface area contributed by atoms with Crippen molar-refractivity contribution in [3.05, 3.63) is 231 Å². The Bertz CT molecular complexity index is 3640. The zero-order valence-electron chi connectivity index (χ0n) is 33.8. The highest BCUT2D eigenvalue weighted by molar-refractivity contribution is 7.26. The third-order valence-electron chi connectivity index (χ3n) is 12.2. The van der Waals surface area contributed by atoms with Crippen molar-refractivity contribution in [2.75, 3.05) is 0 Å². The maximum absolute atomic E-state index is 6.15. The molecule has 0 atom stereocenters. The summed E-state index contributed by atoms with van der Waals surface area (Å²) in [5, 5.41) is 4.92. The molecule has 0 bridgehead atoms. The van der Waals surface area contributed by atoms with Crippen molar-refractivity contribution >= 4 is 53.4 Å². The van der Waals surface area contributed by atoms with Crippen LogP contribution in [-0.2, 0) is 0 Å². The first-order valence-electron chi connectivity index (χ1n) is 21.1. The largest absolute Gasteiger partial charge is 0.456 e. The van der Waals surface area contributed by atoms with E-state index in [0.29, 0.717) is 0 Å². The monoisotopic (exact) mass is 806 g/mol. The van der Waals surface area contributed by atoms with E-state index in [2.05, 4.69) is 218 Å². The van der Waals surface area contributed by atoms with Gasteiger partial charge in [-0.2, -0.15) is 0 Å². The van der Waals surface area contributed by atoms with Crippen LogP contribution < -0.4 is 0 Å². The van der Waals surface area contributed by atoms with Crippen LogP contribution in [0.4, 0.5) is 0 Å². The van der Waals surface area contributed by atoms with Crippen LogP contribution in [0.25, 0.3) is 120 Å². The van der Waals surface area contributed by atoms with Crippen molar-refractivity contribution in [1.29, 1.82) is 0 Å². The Morgan fingerprint density at radius 2 is 0.661 bits per heavy atom. The second-order valence-electron chi connectivity index (χ2n) is 16.1. The molecule has 2 aromatic heterocycles. The Labute approximate surface area is 364 Å². The van der Waals surface area contributed by atoms with Crippen molar-refractivity contribution in [3.63, 3.8) is 0 Å². The first-order chi connectivity index (χ1) is 30.7. The van der Waals surface area contributed by atoms with Crippen LogP contribution in [-0.4, -0.2) is 0 Å². The quantitative estimate of drug-likeness (QED) is 0.156. The van der Waals surface area contributed by atoms with Gasteiger partial charge in [-0.15, -0.1) is 11.3 Å². The van der Waals surface area contributed by atoms with Crippen molar-refractivity contribution < 1.29 is 4.42 Å². The summed E-state index contributed by atoms with van der Waals surface area (Å²) in [4.78, 5) is 0. The normalized spacial score (nSPS) is 11.5. The van der Waals surface area contributed by atoms with E-state index in [1.54, 1.807) is 0 Å². The average molecular weight is 807 g/mol. The Hall–Kier alpha value is -7.78. The first kappa shape index (κ1) is 36.1. The van der Waals surface area contributed by atoms with Crippen LogP contribution in [0.1, 0.15) is 0 Å². The average Bonchev–Trinajstić information content (AvgIpc) is 3.93. The Morgan fingerprint density at radius 3 is 1.31 bits per heavy atom. The summed E-state index contributed by atoms with van der Waals surface area (Å²) in [7, 11) is 0. The highest BCUT2D eigenvalue weighted by Gasteiger charge is 2.14. The maximum atomic E-state index is 6.15. The molecule has 62 heavy (non-hydrogen) atoms. The number of fused-ring (bicyclic) bond motifs is 6. The van der Waals surface area contributed by atoms with Crippen molar-refractivity contribution in [1.82, 2.24) is 0 Å². The number of rotatable bonds is 7. The van der Waals surface area contributed by atoms with E-state index in [-0.39, 0.29) is 0 Å². The summed E-state index contributed by atoms with van der Waals surface area (Å²) in [6.45, 7) is 0. The Kier molecular flexibility index (Phi) is 8.76. The summed E-state index contributed by atoms with van der Waals surface area (Å²) >= 11 is 1.88. The molecule has 1 nitrogen and oxygen atoms in total. The maximum Gasteiger partial charge on any atom is 0.135 e. The van der Waals surface area contributed by atoms with Crippen molar-refractivity contribution in [2.45, 2.75) is 0 Å². The molecular weight excluding hydrogens is 769 g/mol. The minimum absolute atomic E-state index is 0.909. The van der Waals surface area contributed by atoms with E-state index in [9.17, 15) is 0 Å². The van der Waals surface area contributed by atoms with E-state index in [1.807, 2.05) is 23.5 Å². The van der Waals surface area contributed by atoms with Gasteiger partial charge < -0.3 is 4.42 Å². The number of hydrogen-bond donors (Lipinski definition) is 0. The molecule has 0 unspecified atom stereocenters. The van der Waals surface area contributed by atoms with Crippen LogP contribution in [0, 0.1) is 0 Å². The van der Waals surface area contributed by atoms with Crippen molar-refractivity contribution in [3.8, 4) is 77.9 Å². The number of benzene rings is 10. The van der Waals surface area contributed by atoms with Gasteiger partial charge in [0.2, 0.25) is 0 Å². The number of para-hydroxylation sites is 1. The molecule has 0 spiro atoms. The van der Waals surface area contributed by atoms with E-state index in [0.717, 1.165) is 21.9 Å². The minimum Gasteiger partial charge on any atom is -0.456 e. The lowest BCUT2D eigenvalue weighted by molar-refractivity contribution is 0.669. The molecule has 10 aromatic carbocycles. The number of thiophene rings is 1. The van der Waals surface area contributed by atoms with Crippen LogP contribution in [0.15, 0.2) is 235 Å². The van der Waals surface area contributed by atoms with Crippen LogP contribution in [0.5, 0.6) is 0 Å². The first-order valence-corrected chi connectivity index (χ1v) is 21.9. The smallest absolute Gasteiger partial charge is 0.135 e. The topological polar surface area (TPSA) is 13.1 Å². The molecule has 12 aromatic rings. The van der Waals surface area contributed by atoms with Gasteiger partial charge in [-0.05, 0) is 145 Å². The van der Waals surface area contributed by atoms with Gasteiger partial charge >= 0.3 is 0 Å². The molecular formula is C60H38OS. The van der Waals surface area contributed by atoms with Gasteiger partial charge in [0.15, 0.2) is 0 Å². The Balaban J connectivity index is 0.906. The molecule has 0 aliphatic carbocycles. The van der Waals surface area contributed by atoms with E-state index in [4.69, 9.17) is 4.42 Å². The molecule has 0 aliphatic heterocycles. The van der Waals surface area contributed by atoms with Crippen LogP contribution in [0.3, 0.4) is 0 Å². The summed E-state index contributed by atoms with van der Waals surface area (Å²) in [5.74, 6) is 0. The Morgan fingerprint density at radius 1 is 0.242 bits per heavy atom. The fourth-order valence-electron chi connectivity index (χ4n) is 9.14. The molecule has 0 amide bonds. The van der Waals surface area contributed by atoms with Gasteiger partial charge in [0.05, 0.1) is 0 Å². The number of hydrogen-bond acceptors (Lipinski definition) is 2. The second kappa shape index (κ2) is 15.0. The van der Waals surface area contributed by atoms with Gasteiger partial charge in [0.1, 0.15) is 11.2 Å². The lowest BCUT2D eigenvalue weighted by Gasteiger charge is -2.14. The molecule has 290 valence electrons. The SMILES string of the molecule is c1ccc(-c2cc(-c3cccc(-c4cccc(-c5cccc(-c6cccc7c6sc6ccccc67)c5)c4)c3)cc(-c3cccc(-c4ccc5oc6ccccc6c5c4)c3)c2)cc1. The molecule has 12 rings (SSSR count). The minimum atomic E-state index is 0.909. The lowest BCUT2D eigenvalue weighted by atomic mass is 9.91. The molecule has 0 aliphatic rings. The van der Waals surface area contributed by atoms with Gasteiger partial charge in [0, 0.05) is 30.9 Å². The standard InChI is InChI=1S/C60H38OS/c1-2-13-39(14-3-1)49-35-50(37-51(36-49)46-21-10-18-43(33-46)47-29-30-58-56(38-47)53-23-4-6-27-57(53)61-58)45-20-9-17-42(32-45)40-15-8-16-41(31-40)44-19-11-22-48(34-44)52-25-12-26-55-54-24-5-7-28-59(54)62-60(52)55/h1-38H. The highest BCUT2D eigenvalue weighted by Crippen LogP contribution is 2.42. The molecule has 2 heteroatoms. The van der Waals surface area contributed by atoms with E-state index < -0.39 is 0 Å². The molecule has 0 N–H and O–H groups in total. The molecule has 0 fully saturated rings. The lowest BCUT2D eigenvalue weighted by Crippen LogP contribution is -1.88. The molecule has 2 heterocycles. The molecule has 0 radical (unpaired) electrons. The van der Waals surface area contributed by atoms with E-state index in [1.165, 1.54) is 98.1 Å². The number of furan rings is 1.